The molecule has 0 radical (unpaired) electrons. The number of alkyl halides is 1. The molecule has 1 aromatic carbocycles. The van der Waals surface area contributed by atoms with Gasteiger partial charge in [-0.25, -0.2) is 0 Å². The number of benzene rings is 1. The summed E-state index contributed by atoms with van der Waals surface area (Å²) in [5.41, 5.74) is 2.95. The second kappa shape index (κ2) is 6.43. The summed E-state index contributed by atoms with van der Waals surface area (Å²) in [5, 5.41) is 10.2. The normalized spacial score (nSPS) is 24.9. The van der Waals surface area contributed by atoms with E-state index < -0.39 is 0 Å². The lowest BCUT2D eigenvalue weighted by Gasteiger charge is -2.43. The molecular weight excluding hydrogens is 328 g/mol. The minimum absolute atomic E-state index is 0.228. The number of phenols is 1. The van der Waals surface area contributed by atoms with Crippen LogP contribution in [0.1, 0.15) is 39.2 Å². The van der Waals surface area contributed by atoms with Gasteiger partial charge in [0, 0.05) is 6.07 Å². The predicted octanol–water partition coefficient (Wildman–Crippen LogP) is 5.29. The first-order valence-electron chi connectivity index (χ1n) is 7.52. The topological polar surface area (TPSA) is 29.5 Å². The highest BCUT2D eigenvalue weighted by Gasteiger charge is 2.37. The second-order valence-corrected chi connectivity index (χ2v) is 7.42. The Kier molecular flexibility index (Phi) is 5.03. The van der Waals surface area contributed by atoms with Crippen LogP contribution in [0, 0.1) is 17.3 Å². The standard InChI is InChI=1S/C18H25BrO2/c1-12-7-13(2)16(18(3,4)10-12)8-14-5-6-15(21-11-19)9-17(14)20/h5-6,9,12,16,20H,2,7-8,10-11H2,1,3-4H3. The van der Waals surface area contributed by atoms with Gasteiger partial charge < -0.3 is 9.84 Å². The van der Waals surface area contributed by atoms with Crippen LogP contribution in [0.3, 0.4) is 0 Å². The molecule has 3 heteroatoms. The zero-order valence-electron chi connectivity index (χ0n) is 13.2. The van der Waals surface area contributed by atoms with E-state index in [4.69, 9.17) is 4.74 Å². The van der Waals surface area contributed by atoms with Crippen molar-refractivity contribution in [1.29, 1.82) is 0 Å². The molecule has 1 N–H and O–H groups in total. The Hall–Kier alpha value is -0.960. The van der Waals surface area contributed by atoms with E-state index in [0.717, 1.165) is 18.4 Å². The maximum Gasteiger partial charge on any atom is 0.143 e. The largest absolute Gasteiger partial charge is 0.508 e. The Morgan fingerprint density at radius 2 is 2.14 bits per heavy atom. The summed E-state index contributed by atoms with van der Waals surface area (Å²) in [6.45, 7) is 11.2. The van der Waals surface area contributed by atoms with E-state index in [9.17, 15) is 5.11 Å². The van der Waals surface area contributed by atoms with Gasteiger partial charge in [-0.1, -0.05) is 39.0 Å². The fourth-order valence-corrected chi connectivity index (χ4v) is 4.03. The summed E-state index contributed by atoms with van der Waals surface area (Å²) in [6.07, 6.45) is 3.15. The van der Waals surface area contributed by atoms with E-state index in [1.54, 1.807) is 6.07 Å². The molecule has 0 saturated heterocycles. The first-order valence-corrected chi connectivity index (χ1v) is 8.64. The van der Waals surface area contributed by atoms with E-state index in [0.29, 0.717) is 28.9 Å². The molecule has 0 aromatic heterocycles. The van der Waals surface area contributed by atoms with Gasteiger partial charge in [0.2, 0.25) is 0 Å². The lowest BCUT2D eigenvalue weighted by Crippen LogP contribution is -2.34. The van der Waals surface area contributed by atoms with E-state index in [1.807, 2.05) is 12.1 Å². The maximum absolute atomic E-state index is 10.2. The Labute approximate surface area is 136 Å². The monoisotopic (exact) mass is 352 g/mol. The van der Waals surface area contributed by atoms with Crippen LogP contribution >= 0.6 is 15.9 Å². The van der Waals surface area contributed by atoms with Crippen molar-refractivity contribution in [3.8, 4) is 11.5 Å². The Bertz CT molecular complexity index is 522. The molecule has 21 heavy (non-hydrogen) atoms. The van der Waals surface area contributed by atoms with Gasteiger partial charge >= 0.3 is 0 Å². The van der Waals surface area contributed by atoms with Crippen LogP contribution < -0.4 is 4.74 Å². The summed E-state index contributed by atoms with van der Waals surface area (Å²) < 4.78 is 5.35. The van der Waals surface area contributed by atoms with Gasteiger partial charge in [0.1, 0.15) is 17.0 Å². The molecule has 2 atom stereocenters. The van der Waals surface area contributed by atoms with Crippen molar-refractivity contribution in [3.63, 3.8) is 0 Å². The number of phenolic OH excluding ortho intramolecular Hbond substituents is 1. The zero-order chi connectivity index (χ0) is 15.6. The molecule has 1 saturated carbocycles. The molecule has 0 heterocycles. The van der Waals surface area contributed by atoms with Gasteiger partial charge in [-0.05, 0) is 64.1 Å². The lowest BCUT2D eigenvalue weighted by molar-refractivity contribution is 0.151. The minimum atomic E-state index is 0.228. The molecule has 116 valence electrons. The molecule has 0 amide bonds. The molecule has 2 unspecified atom stereocenters. The highest BCUT2D eigenvalue weighted by atomic mass is 79.9. The third-order valence-electron chi connectivity index (χ3n) is 4.62. The quantitative estimate of drug-likeness (QED) is 0.588. The summed E-state index contributed by atoms with van der Waals surface area (Å²) >= 11 is 3.22. The van der Waals surface area contributed by atoms with Crippen molar-refractivity contribution in [2.24, 2.45) is 17.3 Å². The molecule has 1 aromatic rings. The summed E-state index contributed by atoms with van der Waals surface area (Å²) in [4.78, 5) is 0. The second-order valence-electron chi connectivity index (χ2n) is 6.96. The van der Waals surface area contributed by atoms with Crippen molar-refractivity contribution in [2.75, 3.05) is 5.52 Å². The van der Waals surface area contributed by atoms with Crippen LogP contribution in [0.25, 0.3) is 0 Å². The highest BCUT2D eigenvalue weighted by molar-refractivity contribution is 9.09. The number of ether oxygens (including phenoxy) is 1. The molecule has 1 aliphatic rings. The smallest absolute Gasteiger partial charge is 0.143 e. The SMILES string of the molecule is C=C1CC(C)CC(C)(C)C1Cc1ccc(OCBr)cc1O. The van der Waals surface area contributed by atoms with E-state index >= 15 is 0 Å². The van der Waals surface area contributed by atoms with Gasteiger partial charge in [-0.3, -0.25) is 0 Å². The number of rotatable bonds is 4. The molecule has 0 spiro atoms. The van der Waals surface area contributed by atoms with Gasteiger partial charge in [0.15, 0.2) is 0 Å². The maximum atomic E-state index is 10.2. The first-order chi connectivity index (χ1) is 9.83. The van der Waals surface area contributed by atoms with Crippen molar-refractivity contribution in [3.05, 3.63) is 35.9 Å². The molecule has 1 aliphatic carbocycles. The Balaban J connectivity index is 2.18. The van der Waals surface area contributed by atoms with E-state index in [1.165, 1.54) is 12.0 Å². The van der Waals surface area contributed by atoms with Crippen molar-refractivity contribution >= 4 is 15.9 Å². The molecular formula is C18H25BrO2. The predicted molar refractivity (Wildman–Crippen MR) is 91.0 cm³/mol. The van der Waals surface area contributed by atoms with Crippen molar-refractivity contribution in [1.82, 2.24) is 0 Å². The average Bonchev–Trinajstić information content (AvgIpc) is 2.35. The lowest BCUT2D eigenvalue weighted by atomic mass is 9.62. The van der Waals surface area contributed by atoms with Crippen LogP contribution in [0.5, 0.6) is 11.5 Å². The summed E-state index contributed by atoms with van der Waals surface area (Å²) in [7, 11) is 0. The van der Waals surface area contributed by atoms with Crippen LogP contribution in [0.15, 0.2) is 30.4 Å². The number of hydrogen-bond acceptors (Lipinski definition) is 2. The minimum Gasteiger partial charge on any atom is -0.508 e. The molecule has 1 fully saturated rings. The van der Waals surface area contributed by atoms with Crippen LogP contribution in [-0.2, 0) is 6.42 Å². The van der Waals surface area contributed by atoms with E-state index in [2.05, 4.69) is 43.3 Å². The summed E-state index contributed by atoms with van der Waals surface area (Å²) in [6, 6.07) is 5.57. The highest BCUT2D eigenvalue weighted by Crippen LogP contribution is 2.47. The Morgan fingerprint density at radius 3 is 2.71 bits per heavy atom. The Morgan fingerprint density at radius 1 is 1.43 bits per heavy atom. The third-order valence-corrected chi connectivity index (χ3v) is 4.85. The summed E-state index contributed by atoms with van der Waals surface area (Å²) in [5.74, 6) is 2.12. The van der Waals surface area contributed by atoms with Crippen LogP contribution in [0.4, 0.5) is 0 Å². The van der Waals surface area contributed by atoms with E-state index in [-0.39, 0.29) is 5.41 Å². The molecule has 0 aliphatic heterocycles. The number of aromatic hydroxyl groups is 1. The number of allylic oxidation sites excluding steroid dienone is 1. The molecule has 0 bridgehead atoms. The molecule has 2 rings (SSSR count). The first kappa shape index (κ1) is 16.4. The molecule has 2 nitrogen and oxygen atoms in total. The van der Waals surface area contributed by atoms with Gasteiger partial charge in [-0.2, -0.15) is 0 Å². The van der Waals surface area contributed by atoms with Gasteiger partial charge in [-0.15, -0.1) is 0 Å². The van der Waals surface area contributed by atoms with Crippen molar-refractivity contribution < 1.29 is 9.84 Å². The third kappa shape index (κ3) is 3.82. The number of halogens is 1. The number of hydrogen-bond donors (Lipinski definition) is 1. The van der Waals surface area contributed by atoms with Gasteiger partial charge in [0.25, 0.3) is 0 Å². The van der Waals surface area contributed by atoms with Crippen LogP contribution in [-0.4, -0.2) is 10.6 Å². The fourth-order valence-electron chi connectivity index (χ4n) is 3.76. The fraction of sp³-hybridized carbons (Fsp3) is 0.556. The van der Waals surface area contributed by atoms with Crippen molar-refractivity contribution in [2.45, 2.75) is 40.0 Å². The average molecular weight is 353 g/mol. The zero-order valence-corrected chi connectivity index (χ0v) is 14.7. The van der Waals surface area contributed by atoms with Crippen LogP contribution in [0.2, 0.25) is 0 Å². The van der Waals surface area contributed by atoms with Gasteiger partial charge in [0.05, 0.1) is 0 Å².